The number of aliphatic hydroxyl groups excluding tert-OH is 1. The average molecular weight is 596 g/mol. The van der Waals surface area contributed by atoms with Crippen LogP contribution >= 0.6 is 0 Å². The number of hydrogen-bond donors (Lipinski definition) is 2. The zero-order valence-corrected chi connectivity index (χ0v) is 25.5. The zero-order valence-electron chi connectivity index (χ0n) is 24.7. The van der Waals surface area contributed by atoms with Crippen molar-refractivity contribution in [2.45, 2.75) is 81.2 Å². The van der Waals surface area contributed by atoms with Crippen LogP contribution in [0.5, 0.6) is 0 Å². The Balaban J connectivity index is 1.65. The molecule has 0 bridgehead atoms. The number of nitrogens with one attached hydrogen (secondary N) is 1. The highest BCUT2D eigenvalue weighted by Gasteiger charge is 2.43. The van der Waals surface area contributed by atoms with Crippen LogP contribution in [0, 0.1) is 11.7 Å². The average Bonchev–Trinajstić information content (AvgIpc) is 2.98. The van der Waals surface area contributed by atoms with Gasteiger partial charge in [-0.05, 0) is 67.6 Å². The van der Waals surface area contributed by atoms with Crippen molar-refractivity contribution < 1.29 is 22.7 Å². The molecule has 0 radical (unpaired) electrons. The van der Waals surface area contributed by atoms with Gasteiger partial charge in [0.25, 0.3) is 0 Å². The highest BCUT2D eigenvalue weighted by molar-refractivity contribution is 7.89. The molecule has 0 unspecified atom stereocenters. The number of pyridine rings is 1. The minimum Gasteiger partial charge on any atom is -0.389 e. The molecule has 1 amide bonds. The molecule has 42 heavy (non-hydrogen) atoms. The van der Waals surface area contributed by atoms with Gasteiger partial charge in [0, 0.05) is 36.8 Å². The number of rotatable bonds is 12. The summed E-state index contributed by atoms with van der Waals surface area (Å²) in [5.74, 6) is -0.815. The van der Waals surface area contributed by atoms with Crippen molar-refractivity contribution in [3.05, 3.63) is 96.1 Å². The molecule has 2 N–H and O–H groups in total. The highest BCUT2D eigenvalue weighted by Crippen LogP contribution is 2.41. The van der Waals surface area contributed by atoms with Crippen LogP contribution in [0.1, 0.15) is 70.6 Å². The maximum atomic E-state index is 13.9. The van der Waals surface area contributed by atoms with Crippen LogP contribution in [0.25, 0.3) is 0 Å². The molecule has 0 saturated heterocycles. The maximum absolute atomic E-state index is 13.9. The molecular weight excluding hydrogens is 553 g/mol. The molecule has 1 fully saturated rings. The van der Waals surface area contributed by atoms with Crippen molar-refractivity contribution in [3.63, 3.8) is 0 Å². The Labute approximate surface area is 249 Å². The van der Waals surface area contributed by atoms with Crippen molar-refractivity contribution >= 4 is 15.9 Å². The van der Waals surface area contributed by atoms with Crippen molar-refractivity contribution in [2.24, 2.45) is 5.92 Å². The molecule has 1 aromatic heterocycles. The predicted octanol–water partition coefficient (Wildman–Crippen LogP) is 5.55. The molecule has 1 saturated carbocycles. The van der Waals surface area contributed by atoms with Crippen LogP contribution in [0.15, 0.2) is 83.9 Å². The van der Waals surface area contributed by atoms with E-state index in [2.05, 4.69) is 10.3 Å². The molecule has 226 valence electrons. The first-order valence-corrected chi connectivity index (χ1v) is 16.1. The SMILES string of the molecule is CC(C)CN(C[C@@H](O)[C@@](C)(NC(=O)CC1(c2ccccn2)CCCCC1)c1ccccc1)S(=O)(=O)c1ccc(F)cc1. The zero-order chi connectivity index (χ0) is 30.4. The number of benzene rings is 2. The summed E-state index contributed by atoms with van der Waals surface area (Å²) < 4.78 is 42.1. The van der Waals surface area contributed by atoms with E-state index in [1.54, 1.807) is 13.1 Å². The monoisotopic (exact) mass is 595 g/mol. The van der Waals surface area contributed by atoms with Gasteiger partial charge in [0.2, 0.25) is 15.9 Å². The third-order valence-electron chi connectivity index (χ3n) is 8.35. The molecule has 4 rings (SSSR count). The molecule has 9 heteroatoms. The first kappa shape index (κ1) is 31.8. The summed E-state index contributed by atoms with van der Waals surface area (Å²) in [5, 5.41) is 14.9. The smallest absolute Gasteiger partial charge is 0.243 e. The lowest BCUT2D eigenvalue weighted by Crippen LogP contribution is -2.57. The molecule has 7 nitrogen and oxygen atoms in total. The Hall–Kier alpha value is -3.14. The Morgan fingerprint density at radius 3 is 2.24 bits per heavy atom. The fourth-order valence-corrected chi connectivity index (χ4v) is 7.62. The minimum absolute atomic E-state index is 0.0467. The number of hydrogen-bond acceptors (Lipinski definition) is 5. The predicted molar refractivity (Wildman–Crippen MR) is 162 cm³/mol. The number of amides is 1. The summed E-state index contributed by atoms with van der Waals surface area (Å²) in [6, 6.07) is 19.6. The molecule has 0 aliphatic heterocycles. The Bertz CT molecular complexity index is 1410. The van der Waals surface area contributed by atoms with Crippen LogP contribution in [0.2, 0.25) is 0 Å². The molecule has 0 spiro atoms. The topological polar surface area (TPSA) is 99.6 Å². The van der Waals surface area contributed by atoms with E-state index in [0.29, 0.717) is 5.56 Å². The van der Waals surface area contributed by atoms with E-state index in [1.165, 1.54) is 16.4 Å². The maximum Gasteiger partial charge on any atom is 0.243 e. The van der Waals surface area contributed by atoms with Crippen molar-refractivity contribution in [3.8, 4) is 0 Å². The van der Waals surface area contributed by atoms with Crippen molar-refractivity contribution in [1.82, 2.24) is 14.6 Å². The molecular formula is C33H42FN3O4S. The van der Waals surface area contributed by atoms with Crippen LogP contribution in [-0.2, 0) is 25.8 Å². The summed E-state index contributed by atoms with van der Waals surface area (Å²) in [6.45, 7) is 5.38. The number of aromatic nitrogens is 1. The fraction of sp³-hybridized carbons (Fsp3) is 0.455. The second-order valence-corrected chi connectivity index (χ2v) is 14.0. The third-order valence-corrected chi connectivity index (χ3v) is 10.2. The van der Waals surface area contributed by atoms with E-state index in [1.807, 2.05) is 62.4 Å². The van der Waals surface area contributed by atoms with Gasteiger partial charge in [-0.3, -0.25) is 9.78 Å². The summed E-state index contributed by atoms with van der Waals surface area (Å²) in [7, 11) is -4.06. The third kappa shape index (κ3) is 7.25. The largest absolute Gasteiger partial charge is 0.389 e. The molecule has 1 aliphatic carbocycles. The van der Waals surface area contributed by atoms with E-state index in [4.69, 9.17) is 0 Å². The van der Waals surface area contributed by atoms with Gasteiger partial charge < -0.3 is 10.4 Å². The number of carbonyl (C=O) groups excluding carboxylic acids is 1. The summed E-state index contributed by atoms with van der Waals surface area (Å²) >= 11 is 0. The number of nitrogens with zero attached hydrogens (tertiary/aromatic N) is 2. The lowest BCUT2D eigenvalue weighted by Gasteiger charge is -2.41. The van der Waals surface area contributed by atoms with Crippen LogP contribution in [-0.4, -0.2) is 47.9 Å². The first-order valence-electron chi connectivity index (χ1n) is 14.7. The summed E-state index contributed by atoms with van der Waals surface area (Å²) in [5.41, 5.74) is -0.145. The minimum atomic E-state index is -4.06. The number of carbonyl (C=O) groups is 1. The molecule has 2 aromatic carbocycles. The van der Waals surface area contributed by atoms with Crippen molar-refractivity contribution in [1.29, 1.82) is 0 Å². The quantitative estimate of drug-likeness (QED) is 0.286. The summed E-state index contributed by atoms with van der Waals surface area (Å²) in [6.07, 6.45) is 5.50. The van der Waals surface area contributed by atoms with Crippen LogP contribution in [0.3, 0.4) is 0 Å². The van der Waals surface area contributed by atoms with Gasteiger partial charge in [-0.15, -0.1) is 0 Å². The van der Waals surface area contributed by atoms with E-state index in [9.17, 15) is 22.7 Å². The number of aliphatic hydroxyl groups is 1. The Morgan fingerprint density at radius 2 is 1.64 bits per heavy atom. The van der Waals surface area contributed by atoms with E-state index in [-0.39, 0.29) is 36.2 Å². The second kappa shape index (κ2) is 13.4. The number of sulfonamides is 1. The molecule has 1 aliphatic rings. The summed E-state index contributed by atoms with van der Waals surface area (Å²) in [4.78, 5) is 18.4. The lowest BCUT2D eigenvalue weighted by molar-refractivity contribution is -0.126. The molecule has 3 aromatic rings. The van der Waals surface area contributed by atoms with Gasteiger partial charge in [-0.1, -0.05) is 69.5 Å². The Kier molecular flexibility index (Phi) is 10.2. The fourth-order valence-electron chi connectivity index (χ4n) is 6.01. The second-order valence-electron chi connectivity index (χ2n) is 12.0. The molecule has 1 heterocycles. The van der Waals surface area contributed by atoms with E-state index in [0.717, 1.165) is 49.9 Å². The van der Waals surface area contributed by atoms with Crippen LogP contribution < -0.4 is 5.32 Å². The van der Waals surface area contributed by atoms with Gasteiger partial charge in [0.05, 0.1) is 16.5 Å². The van der Waals surface area contributed by atoms with Crippen LogP contribution in [0.4, 0.5) is 4.39 Å². The normalized spacial score (nSPS) is 17.5. The van der Waals surface area contributed by atoms with E-state index < -0.39 is 32.9 Å². The first-order chi connectivity index (χ1) is 20.0. The van der Waals surface area contributed by atoms with Gasteiger partial charge in [0.1, 0.15) is 5.82 Å². The lowest BCUT2D eigenvalue weighted by atomic mass is 9.69. The molecule has 2 atom stereocenters. The highest BCUT2D eigenvalue weighted by atomic mass is 32.2. The number of halogens is 1. The van der Waals surface area contributed by atoms with E-state index >= 15 is 0 Å². The van der Waals surface area contributed by atoms with Crippen molar-refractivity contribution in [2.75, 3.05) is 13.1 Å². The van der Waals surface area contributed by atoms with Gasteiger partial charge >= 0.3 is 0 Å². The standard InChI is InChI=1S/C33H42FN3O4S/c1-25(2)23-37(42(40,41)28-17-15-27(34)16-18-28)24-30(38)32(3,26-12-6-4-7-13-26)36-31(39)22-33(19-9-5-10-20-33)29-14-8-11-21-35-29/h4,6-8,11-18,21,25,30,38H,5,9-10,19-20,22-24H2,1-3H3,(H,36,39)/t30-,32+/m1/s1. The Morgan fingerprint density at radius 1 is 1.00 bits per heavy atom. The van der Waals surface area contributed by atoms with Gasteiger partial charge in [-0.2, -0.15) is 4.31 Å². The van der Waals surface area contributed by atoms with Gasteiger partial charge in [-0.25, -0.2) is 12.8 Å². The van der Waals surface area contributed by atoms with Gasteiger partial charge in [0.15, 0.2) is 0 Å².